The van der Waals surface area contributed by atoms with Crippen LogP contribution in [0.5, 0.6) is 5.75 Å². The Kier molecular flexibility index (Phi) is 3.57. The molecule has 1 aromatic carbocycles. The average Bonchev–Trinajstić information content (AvgIpc) is 2.09. The van der Waals surface area contributed by atoms with E-state index in [0.717, 1.165) is 6.07 Å². The third-order valence-corrected chi connectivity index (χ3v) is 2.24. The van der Waals surface area contributed by atoms with Crippen molar-refractivity contribution in [3.05, 3.63) is 22.7 Å². The lowest BCUT2D eigenvalue weighted by atomic mass is 10.2. The first-order valence-electron chi connectivity index (χ1n) is 3.73. The highest BCUT2D eigenvalue weighted by Crippen LogP contribution is 2.35. The number of rotatable bonds is 2. The van der Waals surface area contributed by atoms with Gasteiger partial charge in [0.2, 0.25) is 0 Å². The molecule has 0 amide bonds. The van der Waals surface area contributed by atoms with E-state index in [1.165, 1.54) is 6.07 Å². The number of hydrogen-bond acceptors (Lipinski definition) is 2. The van der Waals surface area contributed by atoms with Gasteiger partial charge in [0.05, 0.1) is 11.6 Å². The van der Waals surface area contributed by atoms with Crippen LogP contribution in [0.15, 0.2) is 12.1 Å². The zero-order chi connectivity index (χ0) is 11.6. The minimum absolute atomic E-state index is 0.0836. The van der Waals surface area contributed by atoms with E-state index in [-0.39, 0.29) is 22.2 Å². The Morgan fingerprint density at radius 1 is 1.33 bits per heavy atom. The number of hydrogen-bond donors (Lipinski definition) is 1. The molecular formula is C8H6Cl2F3NO. The van der Waals surface area contributed by atoms with Crippen LogP contribution in [0.25, 0.3) is 0 Å². The molecule has 0 bridgehead atoms. The Bertz CT molecular complexity index is 368. The summed E-state index contributed by atoms with van der Waals surface area (Å²) in [6, 6.07) is 2.29. The summed E-state index contributed by atoms with van der Waals surface area (Å²) in [7, 11) is 0. The number of nitrogen functional groups attached to an aromatic ring is 1. The minimum atomic E-state index is -4.79. The summed E-state index contributed by atoms with van der Waals surface area (Å²) in [5.41, 5.74) is 5.43. The Morgan fingerprint density at radius 2 is 1.93 bits per heavy atom. The number of halogens is 5. The van der Waals surface area contributed by atoms with Crippen molar-refractivity contribution in [3.63, 3.8) is 0 Å². The lowest BCUT2D eigenvalue weighted by Gasteiger charge is -2.13. The zero-order valence-electron chi connectivity index (χ0n) is 7.24. The van der Waals surface area contributed by atoms with Crippen molar-refractivity contribution >= 4 is 28.9 Å². The molecule has 1 aromatic rings. The average molecular weight is 260 g/mol. The third kappa shape index (κ3) is 3.07. The molecule has 7 heteroatoms. The first kappa shape index (κ1) is 12.3. The zero-order valence-corrected chi connectivity index (χ0v) is 8.75. The SMILES string of the molecule is Nc1c(OC(F)(F)F)ccc(Cl)c1CCl. The largest absolute Gasteiger partial charge is 0.573 e. The molecule has 0 saturated heterocycles. The Morgan fingerprint density at radius 3 is 2.40 bits per heavy atom. The summed E-state index contributed by atoms with van der Waals surface area (Å²) in [5, 5.41) is 0.206. The molecule has 15 heavy (non-hydrogen) atoms. The van der Waals surface area contributed by atoms with Crippen LogP contribution in [-0.4, -0.2) is 6.36 Å². The molecule has 84 valence electrons. The van der Waals surface area contributed by atoms with Gasteiger partial charge in [0, 0.05) is 10.6 Å². The van der Waals surface area contributed by atoms with Gasteiger partial charge in [0.1, 0.15) is 0 Å². The molecule has 0 aliphatic carbocycles. The van der Waals surface area contributed by atoms with Crippen LogP contribution in [0.3, 0.4) is 0 Å². The molecule has 0 fully saturated rings. The Labute approximate surface area is 93.7 Å². The van der Waals surface area contributed by atoms with Crippen molar-refractivity contribution in [3.8, 4) is 5.75 Å². The number of anilines is 1. The molecular weight excluding hydrogens is 254 g/mol. The molecule has 0 aliphatic rings. The van der Waals surface area contributed by atoms with Crippen LogP contribution in [0, 0.1) is 0 Å². The van der Waals surface area contributed by atoms with E-state index in [1.54, 1.807) is 0 Å². The highest BCUT2D eigenvalue weighted by atomic mass is 35.5. The summed E-state index contributed by atoms with van der Waals surface area (Å²) in [4.78, 5) is 0. The quantitative estimate of drug-likeness (QED) is 0.651. The normalized spacial score (nSPS) is 11.5. The molecule has 1 rings (SSSR count). The second kappa shape index (κ2) is 4.37. The number of alkyl halides is 4. The highest BCUT2D eigenvalue weighted by Gasteiger charge is 2.32. The fraction of sp³-hybridized carbons (Fsp3) is 0.250. The lowest BCUT2D eigenvalue weighted by Crippen LogP contribution is -2.18. The Hall–Kier alpha value is -0.810. The molecule has 0 atom stereocenters. The fourth-order valence-corrected chi connectivity index (χ4v) is 1.55. The van der Waals surface area contributed by atoms with E-state index in [4.69, 9.17) is 28.9 Å². The van der Waals surface area contributed by atoms with Crippen LogP contribution in [0.2, 0.25) is 5.02 Å². The van der Waals surface area contributed by atoms with E-state index in [1.807, 2.05) is 0 Å². The van der Waals surface area contributed by atoms with Gasteiger partial charge >= 0.3 is 6.36 Å². The van der Waals surface area contributed by atoms with E-state index in [0.29, 0.717) is 0 Å². The second-order valence-electron chi connectivity index (χ2n) is 2.62. The van der Waals surface area contributed by atoms with Crippen LogP contribution in [-0.2, 0) is 5.88 Å². The van der Waals surface area contributed by atoms with Gasteiger partial charge in [-0.15, -0.1) is 24.8 Å². The maximum Gasteiger partial charge on any atom is 0.573 e. The van der Waals surface area contributed by atoms with E-state index < -0.39 is 12.1 Å². The summed E-state index contributed by atoms with van der Waals surface area (Å²) < 4.78 is 39.4. The number of nitrogens with two attached hydrogens (primary N) is 1. The van der Waals surface area contributed by atoms with Crippen molar-refractivity contribution < 1.29 is 17.9 Å². The highest BCUT2D eigenvalue weighted by molar-refractivity contribution is 6.32. The summed E-state index contributed by atoms with van der Waals surface area (Å²) in [6.45, 7) is 0. The van der Waals surface area contributed by atoms with Crippen molar-refractivity contribution in [2.45, 2.75) is 12.2 Å². The molecule has 0 aromatic heterocycles. The molecule has 0 unspecified atom stereocenters. The maximum absolute atomic E-state index is 11.9. The smallest absolute Gasteiger partial charge is 0.404 e. The fourth-order valence-electron chi connectivity index (χ4n) is 0.966. The first-order valence-corrected chi connectivity index (χ1v) is 4.65. The molecule has 2 N–H and O–H groups in total. The van der Waals surface area contributed by atoms with Crippen molar-refractivity contribution in [2.24, 2.45) is 0 Å². The molecule has 2 nitrogen and oxygen atoms in total. The van der Waals surface area contributed by atoms with Gasteiger partial charge in [0.15, 0.2) is 5.75 Å². The van der Waals surface area contributed by atoms with Gasteiger partial charge in [0.25, 0.3) is 0 Å². The van der Waals surface area contributed by atoms with Crippen molar-refractivity contribution in [1.29, 1.82) is 0 Å². The predicted molar refractivity (Wildman–Crippen MR) is 52.1 cm³/mol. The first-order chi connectivity index (χ1) is 6.85. The van der Waals surface area contributed by atoms with Gasteiger partial charge in [-0.05, 0) is 12.1 Å². The van der Waals surface area contributed by atoms with Crippen molar-refractivity contribution in [2.75, 3.05) is 5.73 Å². The predicted octanol–water partition coefficient (Wildman–Crippen LogP) is 3.56. The van der Waals surface area contributed by atoms with E-state index in [9.17, 15) is 13.2 Å². The van der Waals surface area contributed by atoms with Gasteiger partial charge in [-0.1, -0.05) is 11.6 Å². The lowest BCUT2D eigenvalue weighted by molar-refractivity contribution is -0.274. The molecule has 0 heterocycles. The molecule has 0 saturated carbocycles. The van der Waals surface area contributed by atoms with Crippen LogP contribution < -0.4 is 10.5 Å². The molecule has 0 aliphatic heterocycles. The summed E-state index contributed by atoms with van der Waals surface area (Å²) >= 11 is 11.2. The maximum atomic E-state index is 11.9. The minimum Gasteiger partial charge on any atom is -0.404 e. The summed E-state index contributed by atoms with van der Waals surface area (Å²) in [5.74, 6) is -0.581. The monoisotopic (exact) mass is 259 g/mol. The van der Waals surface area contributed by atoms with Crippen molar-refractivity contribution in [1.82, 2.24) is 0 Å². The number of ether oxygens (including phenoxy) is 1. The third-order valence-electron chi connectivity index (χ3n) is 1.62. The number of benzene rings is 1. The van der Waals surface area contributed by atoms with Gasteiger partial charge in [-0.2, -0.15) is 0 Å². The van der Waals surface area contributed by atoms with Gasteiger partial charge in [-0.3, -0.25) is 0 Å². The Balaban J connectivity index is 3.11. The van der Waals surface area contributed by atoms with Crippen LogP contribution in [0.4, 0.5) is 18.9 Å². The standard InChI is InChI=1S/C8H6Cl2F3NO/c9-3-4-5(10)1-2-6(7(4)14)15-8(11,12)13/h1-2H,3,14H2. The van der Waals surface area contributed by atoms with Gasteiger partial charge < -0.3 is 10.5 Å². The van der Waals surface area contributed by atoms with Crippen LogP contribution in [0.1, 0.15) is 5.56 Å². The van der Waals surface area contributed by atoms with Gasteiger partial charge in [-0.25, -0.2) is 0 Å². The van der Waals surface area contributed by atoms with E-state index >= 15 is 0 Å². The second-order valence-corrected chi connectivity index (χ2v) is 3.29. The molecule has 0 radical (unpaired) electrons. The van der Waals surface area contributed by atoms with Crippen LogP contribution >= 0.6 is 23.2 Å². The summed E-state index contributed by atoms with van der Waals surface area (Å²) in [6.07, 6.45) is -4.79. The van der Waals surface area contributed by atoms with E-state index in [2.05, 4.69) is 4.74 Å². The topological polar surface area (TPSA) is 35.2 Å². The molecule has 0 spiro atoms.